The highest BCUT2D eigenvalue weighted by Crippen LogP contribution is 2.37. The molecular weight excluding hydrogens is 588 g/mol. The highest BCUT2D eigenvalue weighted by molar-refractivity contribution is 6.74. The van der Waals surface area contributed by atoms with Gasteiger partial charge in [-0.1, -0.05) is 69.3 Å². The Kier molecular flexibility index (Phi) is 12.5. The van der Waals surface area contributed by atoms with Gasteiger partial charge in [-0.25, -0.2) is 9.59 Å². The summed E-state index contributed by atoms with van der Waals surface area (Å²) >= 11 is 0. The highest BCUT2D eigenvalue weighted by Gasteiger charge is 2.37. The van der Waals surface area contributed by atoms with Crippen LogP contribution in [0.5, 0.6) is 23.0 Å². The number of carbonyl (C=O) groups excluding carboxylic acids is 2. The second-order valence-corrected chi connectivity index (χ2v) is 16.5. The minimum Gasteiger partial charge on any atom is -0.496 e. The maximum atomic E-state index is 12.3. The van der Waals surface area contributed by atoms with Crippen LogP contribution in [0.4, 0.5) is 0 Å². The van der Waals surface area contributed by atoms with Crippen LogP contribution < -0.4 is 18.9 Å². The van der Waals surface area contributed by atoms with Gasteiger partial charge in [0.25, 0.3) is 0 Å². The van der Waals surface area contributed by atoms with Crippen LogP contribution in [0.2, 0.25) is 18.1 Å². The molecule has 1 N–H and O–H groups in total. The Morgan fingerprint density at radius 1 is 0.644 bits per heavy atom. The molecule has 0 radical (unpaired) electrons. The van der Waals surface area contributed by atoms with Crippen molar-refractivity contribution >= 4 is 20.3 Å². The molecule has 4 aromatic carbocycles. The number of carbonyl (C=O) groups is 2. The van der Waals surface area contributed by atoms with Crippen LogP contribution in [0.1, 0.15) is 52.6 Å². The van der Waals surface area contributed by atoms with E-state index in [0.29, 0.717) is 40.7 Å². The molecule has 8 nitrogen and oxygen atoms in total. The van der Waals surface area contributed by atoms with Gasteiger partial charge in [0.1, 0.15) is 34.1 Å². The Hall–Kier alpha value is -4.44. The standard InChI is InChI=1S/C21H28O4Si.C15H14O4/c1-21(2,3)26(5,6)24-15-16-11-13-17(14-12-16)25-20(22)18-9-7-8-10-19(18)23-4;1-18-14-5-3-2-4-13(14)15(17)19-12-8-6-11(10-16)7-9-12/h7-14H,15H2,1-6H3;2-9,16H,10H2,1H3. The fraction of sp³-hybridized carbons (Fsp3) is 0.278. The smallest absolute Gasteiger partial charge is 0.347 e. The number of hydrogen-bond donors (Lipinski definition) is 1. The number of rotatable bonds is 10. The normalized spacial score (nSPS) is 11.1. The third-order valence-corrected chi connectivity index (χ3v) is 12.0. The summed E-state index contributed by atoms with van der Waals surface area (Å²) in [6.45, 7) is 11.7. The van der Waals surface area contributed by atoms with Gasteiger partial charge >= 0.3 is 11.9 Å². The maximum absolute atomic E-state index is 12.3. The van der Waals surface area contributed by atoms with Gasteiger partial charge in [-0.05, 0) is 77.8 Å². The zero-order valence-corrected chi connectivity index (χ0v) is 28.0. The molecule has 0 fully saturated rings. The van der Waals surface area contributed by atoms with Crippen molar-refractivity contribution in [3.8, 4) is 23.0 Å². The van der Waals surface area contributed by atoms with Gasteiger partial charge in [-0.15, -0.1) is 0 Å². The third-order valence-electron chi connectivity index (χ3n) is 7.51. The zero-order chi connectivity index (χ0) is 33.0. The summed E-state index contributed by atoms with van der Waals surface area (Å²) in [6, 6.07) is 28.0. The third kappa shape index (κ3) is 10.0. The molecule has 0 aliphatic rings. The molecule has 4 rings (SSSR count). The predicted octanol–water partition coefficient (Wildman–Crippen LogP) is 7.84. The summed E-state index contributed by atoms with van der Waals surface area (Å²) in [5.74, 6) is 0.975. The molecule has 0 saturated heterocycles. The van der Waals surface area contributed by atoms with E-state index >= 15 is 0 Å². The van der Waals surface area contributed by atoms with Crippen LogP contribution in [0.15, 0.2) is 97.1 Å². The van der Waals surface area contributed by atoms with Gasteiger partial charge in [0.05, 0.1) is 27.4 Å². The van der Waals surface area contributed by atoms with Crippen LogP contribution in [-0.4, -0.2) is 39.6 Å². The first kappa shape index (κ1) is 35.0. The number of ether oxygens (including phenoxy) is 4. The van der Waals surface area contributed by atoms with E-state index in [9.17, 15) is 9.59 Å². The number of para-hydroxylation sites is 2. The molecule has 45 heavy (non-hydrogen) atoms. The molecule has 0 saturated carbocycles. The topological polar surface area (TPSA) is 101 Å². The Morgan fingerprint density at radius 2 is 1.04 bits per heavy atom. The SMILES string of the molecule is COc1ccccc1C(=O)Oc1ccc(CO)cc1.COc1ccccc1C(=O)Oc1ccc(CO[Si](C)(C)C(C)(C)C)cc1. The minimum atomic E-state index is -1.78. The highest BCUT2D eigenvalue weighted by atomic mass is 28.4. The average Bonchev–Trinajstić information content (AvgIpc) is 3.04. The molecule has 0 unspecified atom stereocenters. The lowest BCUT2D eigenvalue weighted by molar-refractivity contribution is 0.0721. The van der Waals surface area contributed by atoms with Gasteiger partial charge in [0, 0.05) is 0 Å². The number of hydrogen-bond acceptors (Lipinski definition) is 8. The second-order valence-electron chi connectivity index (χ2n) is 11.7. The predicted molar refractivity (Wildman–Crippen MR) is 177 cm³/mol. The molecule has 0 aliphatic carbocycles. The van der Waals surface area contributed by atoms with E-state index in [0.717, 1.165) is 11.1 Å². The molecular formula is C36H42O8Si. The summed E-state index contributed by atoms with van der Waals surface area (Å²) in [5, 5.41) is 9.11. The minimum absolute atomic E-state index is 0.0409. The first-order chi connectivity index (χ1) is 21.4. The fourth-order valence-electron chi connectivity index (χ4n) is 3.75. The van der Waals surface area contributed by atoms with Crippen LogP contribution in [0.3, 0.4) is 0 Å². The largest absolute Gasteiger partial charge is 0.496 e. The first-order valence-electron chi connectivity index (χ1n) is 14.5. The molecule has 4 aromatic rings. The number of aliphatic hydroxyl groups excluding tert-OH is 1. The van der Waals surface area contributed by atoms with Crippen molar-refractivity contribution < 1.29 is 38.1 Å². The van der Waals surface area contributed by atoms with Crippen LogP contribution in [-0.2, 0) is 17.6 Å². The van der Waals surface area contributed by atoms with E-state index in [-0.39, 0.29) is 11.6 Å². The Morgan fingerprint density at radius 3 is 1.42 bits per heavy atom. The van der Waals surface area contributed by atoms with Crippen molar-refractivity contribution in [3.05, 3.63) is 119 Å². The lowest BCUT2D eigenvalue weighted by Crippen LogP contribution is -2.40. The number of methoxy groups -OCH3 is 2. The molecule has 0 atom stereocenters. The Balaban J connectivity index is 0.000000257. The summed E-state index contributed by atoms with van der Waals surface area (Å²) in [5.41, 5.74) is 2.60. The number of esters is 2. The molecule has 238 valence electrons. The molecule has 0 heterocycles. The van der Waals surface area contributed by atoms with Crippen LogP contribution in [0.25, 0.3) is 0 Å². The average molecular weight is 631 g/mol. The van der Waals surface area contributed by atoms with E-state index in [4.69, 9.17) is 28.5 Å². The van der Waals surface area contributed by atoms with Gasteiger partial charge in [0.15, 0.2) is 8.32 Å². The van der Waals surface area contributed by atoms with E-state index in [1.807, 2.05) is 18.2 Å². The maximum Gasteiger partial charge on any atom is 0.347 e. The number of benzene rings is 4. The van der Waals surface area contributed by atoms with Gasteiger partial charge in [-0.3, -0.25) is 0 Å². The van der Waals surface area contributed by atoms with Gasteiger partial charge in [0.2, 0.25) is 0 Å². The first-order valence-corrected chi connectivity index (χ1v) is 17.4. The van der Waals surface area contributed by atoms with Crippen molar-refractivity contribution in [2.75, 3.05) is 14.2 Å². The van der Waals surface area contributed by atoms with Crippen LogP contribution in [0, 0.1) is 0 Å². The molecule has 0 bridgehead atoms. The van der Waals surface area contributed by atoms with Crippen LogP contribution >= 0.6 is 0 Å². The Bertz CT molecular complexity index is 1540. The van der Waals surface area contributed by atoms with Crippen molar-refractivity contribution in [2.45, 2.75) is 52.1 Å². The zero-order valence-electron chi connectivity index (χ0n) is 27.0. The van der Waals surface area contributed by atoms with Gasteiger partial charge in [-0.2, -0.15) is 0 Å². The lowest BCUT2D eigenvalue weighted by atomic mass is 10.2. The molecule has 0 spiro atoms. The monoisotopic (exact) mass is 630 g/mol. The molecule has 0 aliphatic heterocycles. The fourth-order valence-corrected chi connectivity index (χ4v) is 4.71. The van der Waals surface area contributed by atoms with Crippen molar-refractivity contribution in [3.63, 3.8) is 0 Å². The van der Waals surface area contributed by atoms with E-state index in [2.05, 4.69) is 33.9 Å². The summed E-state index contributed by atoms with van der Waals surface area (Å²) in [4.78, 5) is 24.3. The summed E-state index contributed by atoms with van der Waals surface area (Å²) in [7, 11) is 1.25. The van der Waals surface area contributed by atoms with Crippen molar-refractivity contribution in [1.29, 1.82) is 0 Å². The molecule has 0 aromatic heterocycles. The van der Waals surface area contributed by atoms with E-state index in [1.54, 1.807) is 78.9 Å². The van der Waals surface area contributed by atoms with Crippen molar-refractivity contribution in [2.24, 2.45) is 0 Å². The summed E-state index contributed by atoms with van der Waals surface area (Å²) < 4.78 is 27.2. The van der Waals surface area contributed by atoms with Gasteiger partial charge < -0.3 is 28.5 Å². The molecule has 0 amide bonds. The second kappa shape index (κ2) is 16.0. The molecule has 9 heteroatoms. The van der Waals surface area contributed by atoms with E-state index < -0.39 is 20.3 Å². The van der Waals surface area contributed by atoms with E-state index in [1.165, 1.54) is 14.2 Å². The van der Waals surface area contributed by atoms with Crippen molar-refractivity contribution in [1.82, 2.24) is 0 Å². The quantitative estimate of drug-likeness (QED) is 0.107. The summed E-state index contributed by atoms with van der Waals surface area (Å²) in [6.07, 6.45) is 0. The number of aliphatic hydroxyl groups is 1. The Labute approximate surface area is 266 Å². The lowest BCUT2D eigenvalue weighted by Gasteiger charge is -2.36.